The summed E-state index contributed by atoms with van der Waals surface area (Å²) in [6.45, 7) is 0.619. The highest BCUT2D eigenvalue weighted by Crippen LogP contribution is 2.43. The van der Waals surface area contributed by atoms with Gasteiger partial charge in [-0.2, -0.15) is 5.10 Å². The molecule has 192 valence electrons. The van der Waals surface area contributed by atoms with Crippen molar-refractivity contribution < 1.29 is 9.18 Å². The molecule has 0 radical (unpaired) electrons. The van der Waals surface area contributed by atoms with Gasteiger partial charge < -0.3 is 5.32 Å². The van der Waals surface area contributed by atoms with Crippen LogP contribution in [0.1, 0.15) is 41.7 Å². The number of aromatic nitrogens is 3. The van der Waals surface area contributed by atoms with Crippen molar-refractivity contribution in [2.24, 2.45) is 10.9 Å². The summed E-state index contributed by atoms with van der Waals surface area (Å²) in [6.07, 6.45) is 11.6. The number of carbonyl (C=O) groups is 1. The Kier molecular flexibility index (Phi) is 5.38. The molecule has 4 heterocycles. The molecule has 7 rings (SSSR count). The van der Waals surface area contributed by atoms with Gasteiger partial charge >= 0.3 is 0 Å². The van der Waals surface area contributed by atoms with E-state index < -0.39 is 0 Å². The van der Waals surface area contributed by atoms with Gasteiger partial charge in [-0.3, -0.25) is 19.6 Å². The van der Waals surface area contributed by atoms with Gasteiger partial charge in [-0.1, -0.05) is 36.4 Å². The molecule has 0 spiro atoms. The minimum Gasteiger partial charge on any atom is -0.338 e. The molecule has 4 aliphatic rings. The first-order valence-corrected chi connectivity index (χ1v) is 13.1. The zero-order valence-electron chi connectivity index (χ0n) is 21.1. The lowest BCUT2D eigenvalue weighted by Gasteiger charge is -2.36. The van der Waals surface area contributed by atoms with Gasteiger partial charge in [0, 0.05) is 25.2 Å². The number of carbonyl (C=O) groups excluding carboxylic acids is 1. The van der Waals surface area contributed by atoms with Crippen molar-refractivity contribution >= 4 is 34.8 Å². The molecule has 1 aromatic carbocycles. The molecule has 38 heavy (non-hydrogen) atoms. The second-order valence-electron chi connectivity index (χ2n) is 10.3. The fraction of sp³-hybridized carbons (Fsp3) is 0.310. The number of benzene rings is 1. The molecule has 0 saturated heterocycles. The summed E-state index contributed by atoms with van der Waals surface area (Å²) in [5.41, 5.74) is 3.21. The molecular weight excluding hydrogens is 481 g/mol. The Balaban J connectivity index is 1.24. The third-order valence-corrected chi connectivity index (χ3v) is 7.90. The first-order valence-electron chi connectivity index (χ1n) is 13.1. The summed E-state index contributed by atoms with van der Waals surface area (Å²) < 4.78 is 15.3. The van der Waals surface area contributed by atoms with E-state index in [0.29, 0.717) is 17.9 Å². The van der Waals surface area contributed by atoms with E-state index in [1.165, 1.54) is 12.3 Å². The minimum atomic E-state index is -0.343. The Bertz CT molecular complexity index is 1490. The molecule has 0 bridgehead atoms. The monoisotopic (exact) mass is 509 g/mol. The lowest BCUT2D eigenvalue weighted by atomic mass is 9.95. The summed E-state index contributed by atoms with van der Waals surface area (Å²) in [7, 11) is 1.81. The predicted octanol–water partition coefficient (Wildman–Crippen LogP) is 5.00. The van der Waals surface area contributed by atoms with Crippen molar-refractivity contribution in [2.45, 2.75) is 44.3 Å². The molecule has 1 saturated carbocycles. The average molecular weight is 510 g/mol. The number of pyridine rings is 1. The summed E-state index contributed by atoms with van der Waals surface area (Å²) in [5.74, 6) is 1.88. The molecule has 3 aromatic rings. The molecule has 1 amide bonds. The highest BCUT2D eigenvalue weighted by molar-refractivity contribution is 6.21. The quantitative estimate of drug-likeness (QED) is 0.524. The molecule has 1 fully saturated rings. The van der Waals surface area contributed by atoms with E-state index in [1.807, 2.05) is 48.1 Å². The smallest absolute Gasteiger partial charge is 0.267 e. The van der Waals surface area contributed by atoms with E-state index in [4.69, 9.17) is 10.1 Å². The number of para-hydroxylation sites is 1. The Hall–Kier alpha value is -4.27. The largest absolute Gasteiger partial charge is 0.338 e. The third-order valence-electron chi connectivity index (χ3n) is 7.90. The van der Waals surface area contributed by atoms with Crippen LogP contribution in [0, 0.1) is 11.7 Å². The van der Waals surface area contributed by atoms with Crippen LogP contribution in [0.3, 0.4) is 0 Å². The van der Waals surface area contributed by atoms with Crippen molar-refractivity contribution in [3.05, 3.63) is 84.0 Å². The van der Waals surface area contributed by atoms with Gasteiger partial charge in [-0.05, 0) is 55.5 Å². The van der Waals surface area contributed by atoms with Crippen LogP contribution < -0.4 is 10.2 Å². The van der Waals surface area contributed by atoms with Crippen molar-refractivity contribution in [1.29, 1.82) is 0 Å². The molecular formula is C29H28FN7O. The highest BCUT2D eigenvalue weighted by Gasteiger charge is 2.49. The van der Waals surface area contributed by atoms with E-state index in [-0.39, 0.29) is 29.7 Å². The number of hydrogen-bond acceptors (Lipinski definition) is 6. The second kappa shape index (κ2) is 8.93. The number of hydrogen-bond donors (Lipinski definition) is 1. The Morgan fingerprint density at radius 3 is 2.76 bits per heavy atom. The number of allylic oxidation sites excluding steroid dienone is 4. The molecule has 3 atom stereocenters. The SMILES string of the molecule is CN1C(=O)c2c(Nc3ccccc3)nn(CC3C=CC(c4ccc(F)cn4)=CC3)c2N2C1=N[C@@H]1CCC[C@@H]12. The fourth-order valence-corrected chi connectivity index (χ4v) is 6.02. The number of nitrogens with zero attached hydrogens (tertiary/aromatic N) is 6. The Morgan fingerprint density at radius 2 is 2.00 bits per heavy atom. The zero-order valence-corrected chi connectivity index (χ0v) is 21.1. The number of rotatable bonds is 5. The van der Waals surface area contributed by atoms with Crippen LogP contribution in [0.4, 0.5) is 21.7 Å². The minimum absolute atomic E-state index is 0.0941. The Morgan fingerprint density at radius 1 is 1.13 bits per heavy atom. The van der Waals surface area contributed by atoms with Crippen LogP contribution in [-0.4, -0.2) is 50.7 Å². The topological polar surface area (TPSA) is 78.7 Å². The maximum atomic E-state index is 13.7. The summed E-state index contributed by atoms with van der Waals surface area (Å²) in [5, 5.41) is 8.38. The van der Waals surface area contributed by atoms with E-state index in [1.54, 1.807) is 11.0 Å². The molecule has 2 aliphatic heterocycles. The van der Waals surface area contributed by atoms with E-state index >= 15 is 0 Å². The normalized spacial score (nSPS) is 23.6. The maximum absolute atomic E-state index is 13.7. The second-order valence-corrected chi connectivity index (χ2v) is 10.3. The van der Waals surface area contributed by atoms with Gasteiger partial charge in [0.25, 0.3) is 5.91 Å². The lowest BCUT2D eigenvalue weighted by Crippen LogP contribution is -2.52. The lowest BCUT2D eigenvalue weighted by molar-refractivity contribution is 0.0865. The first-order chi connectivity index (χ1) is 18.6. The van der Waals surface area contributed by atoms with Crippen LogP contribution in [-0.2, 0) is 6.54 Å². The number of anilines is 3. The number of nitrogens with one attached hydrogen (secondary N) is 1. The number of fused-ring (bicyclic) bond motifs is 5. The fourth-order valence-electron chi connectivity index (χ4n) is 6.02. The van der Waals surface area contributed by atoms with Gasteiger partial charge in [-0.15, -0.1) is 0 Å². The molecule has 2 aliphatic carbocycles. The number of aliphatic imine (C=N–C) groups is 1. The maximum Gasteiger partial charge on any atom is 0.267 e. The Labute approximate surface area is 220 Å². The van der Waals surface area contributed by atoms with Gasteiger partial charge in [0.15, 0.2) is 5.82 Å². The predicted molar refractivity (Wildman–Crippen MR) is 145 cm³/mol. The number of guanidine groups is 1. The average Bonchev–Trinajstić information content (AvgIpc) is 3.63. The third kappa shape index (κ3) is 3.72. The molecule has 1 N–H and O–H groups in total. The molecule has 2 aromatic heterocycles. The van der Waals surface area contributed by atoms with Crippen LogP contribution in [0.25, 0.3) is 5.57 Å². The summed E-state index contributed by atoms with van der Waals surface area (Å²) in [4.78, 5) is 26.8. The van der Waals surface area contributed by atoms with Crippen molar-refractivity contribution in [1.82, 2.24) is 19.7 Å². The first kappa shape index (κ1) is 22.9. The number of amides is 1. The van der Waals surface area contributed by atoms with Crippen molar-refractivity contribution in [3.63, 3.8) is 0 Å². The van der Waals surface area contributed by atoms with E-state index in [9.17, 15) is 9.18 Å². The molecule has 9 heteroatoms. The summed E-state index contributed by atoms with van der Waals surface area (Å²) in [6, 6.07) is 13.4. The van der Waals surface area contributed by atoms with Crippen LogP contribution >= 0.6 is 0 Å². The zero-order chi connectivity index (χ0) is 25.8. The van der Waals surface area contributed by atoms with E-state index in [2.05, 4.69) is 27.4 Å². The molecule has 1 unspecified atom stereocenters. The summed E-state index contributed by atoms with van der Waals surface area (Å²) >= 11 is 0. The van der Waals surface area contributed by atoms with Crippen LogP contribution in [0.5, 0.6) is 0 Å². The van der Waals surface area contributed by atoms with E-state index in [0.717, 1.165) is 54.4 Å². The molecule has 8 nitrogen and oxygen atoms in total. The highest BCUT2D eigenvalue weighted by atomic mass is 19.1. The van der Waals surface area contributed by atoms with Gasteiger partial charge in [0.05, 0.1) is 24.0 Å². The number of halogens is 1. The van der Waals surface area contributed by atoms with Crippen LogP contribution in [0.2, 0.25) is 0 Å². The standard InChI is InChI=1S/C29H28FN7O/c1-35-28(38)25-26(32-21-6-3-2-4-7-21)34-36(27(25)37-24-9-5-8-23(24)33-29(35)37)17-18-10-12-19(13-11-18)22-15-14-20(30)16-31-22/h2-4,6-7,10,12-16,18,23-24H,5,8-9,11,17H2,1H3,(H,32,34)/t18?,23-,24+/m1/s1. The van der Waals surface area contributed by atoms with Crippen molar-refractivity contribution in [3.8, 4) is 0 Å². The van der Waals surface area contributed by atoms with Crippen molar-refractivity contribution in [2.75, 3.05) is 17.3 Å². The van der Waals surface area contributed by atoms with Gasteiger partial charge in [-0.25, -0.2) is 14.1 Å². The van der Waals surface area contributed by atoms with Gasteiger partial charge in [0.2, 0.25) is 5.96 Å². The van der Waals surface area contributed by atoms with Crippen LogP contribution in [0.15, 0.2) is 71.9 Å². The van der Waals surface area contributed by atoms with Gasteiger partial charge in [0.1, 0.15) is 17.2 Å².